The highest BCUT2D eigenvalue weighted by molar-refractivity contribution is 7.15. The van der Waals surface area contributed by atoms with Crippen molar-refractivity contribution in [2.45, 2.75) is 19.8 Å². The van der Waals surface area contributed by atoms with Gasteiger partial charge in [0.15, 0.2) is 28.4 Å². The molecule has 0 aliphatic carbocycles. The van der Waals surface area contributed by atoms with Crippen molar-refractivity contribution in [3.63, 3.8) is 0 Å². The van der Waals surface area contributed by atoms with Crippen molar-refractivity contribution < 1.29 is 26.7 Å². The molecule has 1 amide bonds. The second kappa shape index (κ2) is 5.99. The fourth-order valence-corrected chi connectivity index (χ4v) is 2.39. The molecule has 2 rings (SSSR count). The van der Waals surface area contributed by atoms with E-state index in [1.807, 2.05) is 19.2 Å². The van der Waals surface area contributed by atoms with Gasteiger partial charge in [0.05, 0.1) is 0 Å². The second-order valence-electron chi connectivity index (χ2n) is 4.62. The highest BCUT2D eigenvalue weighted by Gasteiger charge is 2.30. The number of thiazole rings is 1. The van der Waals surface area contributed by atoms with Crippen LogP contribution in [0.3, 0.4) is 0 Å². The summed E-state index contributed by atoms with van der Waals surface area (Å²) < 4.78 is 66.0. The van der Waals surface area contributed by atoms with Crippen LogP contribution in [0.4, 0.5) is 27.1 Å². The van der Waals surface area contributed by atoms with E-state index in [4.69, 9.17) is 0 Å². The molecule has 0 aliphatic rings. The Balaban J connectivity index is 2.37. The predicted octanol–water partition coefficient (Wildman–Crippen LogP) is 4.21. The normalized spacial score (nSPS) is 11.1. The summed E-state index contributed by atoms with van der Waals surface area (Å²) in [5.41, 5.74) is -1.54. The average molecular weight is 336 g/mol. The van der Waals surface area contributed by atoms with Crippen LogP contribution in [-0.4, -0.2) is 10.9 Å². The Labute approximate surface area is 125 Å². The number of nitrogens with one attached hydrogen (secondary N) is 1. The van der Waals surface area contributed by atoms with E-state index in [0.29, 0.717) is 0 Å². The van der Waals surface area contributed by atoms with E-state index in [9.17, 15) is 26.7 Å². The molecule has 0 radical (unpaired) electrons. The van der Waals surface area contributed by atoms with Gasteiger partial charge in [-0.25, -0.2) is 26.9 Å². The molecule has 0 unspecified atom stereocenters. The minimum atomic E-state index is -2.32. The second-order valence-corrected chi connectivity index (χ2v) is 5.68. The van der Waals surface area contributed by atoms with Crippen LogP contribution in [0.1, 0.15) is 35.0 Å². The van der Waals surface area contributed by atoms with Gasteiger partial charge in [0.1, 0.15) is 5.56 Å². The lowest BCUT2D eigenvalue weighted by molar-refractivity contribution is 0.101. The number of carbonyl (C=O) groups excluding carboxylic acids is 1. The largest absolute Gasteiger partial charge is 0.298 e. The van der Waals surface area contributed by atoms with Gasteiger partial charge in [0, 0.05) is 11.1 Å². The van der Waals surface area contributed by atoms with Gasteiger partial charge in [0.25, 0.3) is 5.91 Å². The van der Waals surface area contributed by atoms with E-state index in [-0.39, 0.29) is 11.0 Å². The van der Waals surface area contributed by atoms with Gasteiger partial charge in [0.2, 0.25) is 5.82 Å². The number of aromatic nitrogens is 1. The van der Waals surface area contributed by atoms with Crippen LogP contribution in [-0.2, 0) is 0 Å². The number of amides is 1. The number of hydrogen-bond donors (Lipinski definition) is 1. The maximum absolute atomic E-state index is 13.5. The summed E-state index contributed by atoms with van der Waals surface area (Å²) in [4.78, 5) is 16.4. The summed E-state index contributed by atoms with van der Waals surface area (Å²) in [7, 11) is 0. The zero-order chi connectivity index (χ0) is 16.6. The van der Waals surface area contributed by atoms with Crippen LogP contribution in [0, 0.1) is 29.1 Å². The molecule has 0 atom stereocenters. The van der Waals surface area contributed by atoms with Crippen LogP contribution in [0.15, 0.2) is 6.20 Å². The number of rotatable bonds is 3. The molecule has 1 aromatic heterocycles. The fourth-order valence-electron chi connectivity index (χ4n) is 1.58. The summed E-state index contributed by atoms with van der Waals surface area (Å²) in [5.74, 6) is -12.4. The van der Waals surface area contributed by atoms with Crippen LogP contribution >= 0.6 is 11.3 Å². The van der Waals surface area contributed by atoms with Gasteiger partial charge in [-0.2, -0.15) is 0 Å². The van der Waals surface area contributed by atoms with Gasteiger partial charge < -0.3 is 0 Å². The van der Waals surface area contributed by atoms with Crippen LogP contribution < -0.4 is 5.32 Å². The molecule has 0 saturated carbocycles. The summed E-state index contributed by atoms with van der Waals surface area (Å²) in [6, 6.07) is 0. The van der Waals surface area contributed by atoms with Gasteiger partial charge >= 0.3 is 0 Å². The lowest BCUT2D eigenvalue weighted by Gasteiger charge is -2.07. The first-order valence-corrected chi connectivity index (χ1v) is 6.84. The molecule has 9 heteroatoms. The van der Waals surface area contributed by atoms with Crippen LogP contribution in [0.2, 0.25) is 0 Å². The minimum Gasteiger partial charge on any atom is -0.298 e. The third-order valence-electron chi connectivity index (χ3n) is 2.75. The Bertz CT molecular complexity index is 715. The number of halogens is 5. The highest BCUT2D eigenvalue weighted by atomic mass is 32.1. The molecule has 1 N–H and O–H groups in total. The lowest BCUT2D eigenvalue weighted by Crippen LogP contribution is -2.19. The van der Waals surface area contributed by atoms with E-state index < -0.39 is 40.6 Å². The Morgan fingerprint density at radius 2 is 1.55 bits per heavy atom. The molecule has 0 fully saturated rings. The number of anilines is 1. The summed E-state index contributed by atoms with van der Waals surface area (Å²) in [6.45, 7) is 3.73. The summed E-state index contributed by atoms with van der Waals surface area (Å²) in [5, 5.41) is 2.02. The number of hydrogen-bond acceptors (Lipinski definition) is 3. The Hall–Kier alpha value is -2.03. The quantitative estimate of drug-likeness (QED) is 0.518. The van der Waals surface area contributed by atoms with Crippen molar-refractivity contribution >= 4 is 22.4 Å². The molecule has 22 heavy (non-hydrogen) atoms. The van der Waals surface area contributed by atoms with Gasteiger partial charge in [-0.1, -0.05) is 13.8 Å². The molecular weight excluding hydrogens is 327 g/mol. The zero-order valence-electron chi connectivity index (χ0n) is 11.3. The standard InChI is InChI=1S/C13H9F5N2OS/c1-4(2)5-3-19-13(22-5)20-12(21)6-7(14)9(16)11(18)10(17)8(6)15/h3-4H,1-2H3,(H,19,20,21). The van der Waals surface area contributed by atoms with E-state index in [0.717, 1.165) is 16.2 Å². The smallest absolute Gasteiger partial charge is 0.263 e. The van der Waals surface area contributed by atoms with Gasteiger partial charge in [-0.3, -0.25) is 10.1 Å². The molecule has 118 valence electrons. The first-order valence-electron chi connectivity index (χ1n) is 6.02. The number of benzene rings is 1. The molecule has 2 aromatic rings. The first-order chi connectivity index (χ1) is 10.2. The van der Waals surface area contributed by atoms with Crippen LogP contribution in [0.25, 0.3) is 0 Å². The predicted molar refractivity (Wildman–Crippen MR) is 70.4 cm³/mol. The fraction of sp³-hybridized carbons (Fsp3) is 0.231. The Kier molecular flexibility index (Phi) is 4.45. The monoisotopic (exact) mass is 336 g/mol. The van der Waals surface area contributed by atoms with Crippen LogP contribution in [0.5, 0.6) is 0 Å². The summed E-state index contributed by atoms with van der Waals surface area (Å²) >= 11 is 1.04. The van der Waals surface area contributed by atoms with E-state index >= 15 is 0 Å². The van der Waals surface area contributed by atoms with Crippen molar-refractivity contribution in [3.05, 3.63) is 45.7 Å². The van der Waals surface area contributed by atoms with Crippen molar-refractivity contribution in [2.75, 3.05) is 5.32 Å². The number of carbonyl (C=O) groups is 1. The molecule has 0 aliphatic heterocycles. The van der Waals surface area contributed by atoms with E-state index in [2.05, 4.69) is 4.98 Å². The molecule has 1 heterocycles. The third kappa shape index (κ3) is 2.80. The molecule has 0 bridgehead atoms. The minimum absolute atomic E-state index is 0.00218. The van der Waals surface area contributed by atoms with Crippen molar-refractivity contribution in [3.8, 4) is 0 Å². The van der Waals surface area contributed by atoms with Gasteiger partial charge in [-0.05, 0) is 5.92 Å². The SMILES string of the molecule is CC(C)c1cnc(NC(=O)c2c(F)c(F)c(F)c(F)c2F)s1. The Morgan fingerprint density at radius 1 is 1.05 bits per heavy atom. The topological polar surface area (TPSA) is 42.0 Å². The molecule has 0 spiro atoms. The first kappa shape index (κ1) is 16.3. The van der Waals surface area contributed by atoms with Gasteiger partial charge in [-0.15, -0.1) is 11.3 Å². The van der Waals surface area contributed by atoms with E-state index in [1.165, 1.54) is 6.20 Å². The maximum Gasteiger partial charge on any atom is 0.263 e. The molecule has 0 saturated heterocycles. The van der Waals surface area contributed by atoms with Crippen molar-refractivity contribution in [1.82, 2.24) is 4.98 Å². The average Bonchev–Trinajstić information content (AvgIpc) is 2.92. The zero-order valence-corrected chi connectivity index (χ0v) is 12.1. The van der Waals surface area contributed by atoms with E-state index in [1.54, 1.807) is 0 Å². The molecular formula is C13H9F5N2OS. The Morgan fingerprint density at radius 3 is 2.00 bits per heavy atom. The number of nitrogens with zero attached hydrogens (tertiary/aromatic N) is 1. The summed E-state index contributed by atoms with van der Waals surface area (Å²) in [6.07, 6.45) is 1.45. The molecule has 3 nitrogen and oxygen atoms in total. The maximum atomic E-state index is 13.5. The van der Waals surface area contributed by atoms with Crippen molar-refractivity contribution in [2.24, 2.45) is 0 Å². The third-order valence-corrected chi connectivity index (χ3v) is 3.96. The lowest BCUT2D eigenvalue weighted by atomic mass is 10.1. The highest BCUT2D eigenvalue weighted by Crippen LogP contribution is 2.27. The molecule has 1 aromatic carbocycles. The van der Waals surface area contributed by atoms with Crippen molar-refractivity contribution in [1.29, 1.82) is 0 Å².